The minimum absolute atomic E-state index is 0.0713. The highest BCUT2D eigenvalue weighted by Gasteiger charge is 2.27. The number of rotatable bonds is 5. The van der Waals surface area contributed by atoms with Gasteiger partial charge in [-0.05, 0) is 49.5 Å². The Labute approximate surface area is 129 Å². The minimum Gasteiger partial charge on any atom is -0.478 e. The average molecular weight is 304 g/mol. The van der Waals surface area contributed by atoms with Crippen molar-refractivity contribution in [2.75, 3.05) is 7.11 Å². The molecule has 1 aliphatic carbocycles. The van der Waals surface area contributed by atoms with Gasteiger partial charge in [0.1, 0.15) is 5.75 Å². The lowest BCUT2D eigenvalue weighted by Gasteiger charge is -2.26. The summed E-state index contributed by atoms with van der Waals surface area (Å²) in [7, 11) is 1.70. The summed E-state index contributed by atoms with van der Waals surface area (Å²) >= 11 is 0. The van der Waals surface area contributed by atoms with Crippen LogP contribution < -0.4 is 4.74 Å². The number of carbonyl (C=O) groups excluding carboxylic acids is 1. The van der Waals surface area contributed by atoms with E-state index in [1.165, 1.54) is 6.08 Å². The van der Waals surface area contributed by atoms with Gasteiger partial charge in [-0.2, -0.15) is 0 Å². The first-order chi connectivity index (χ1) is 10.6. The molecule has 1 aromatic carbocycles. The lowest BCUT2D eigenvalue weighted by Crippen LogP contribution is -2.28. The Morgan fingerprint density at radius 2 is 1.77 bits per heavy atom. The van der Waals surface area contributed by atoms with Crippen molar-refractivity contribution in [2.24, 2.45) is 5.92 Å². The van der Waals surface area contributed by atoms with Crippen LogP contribution >= 0.6 is 0 Å². The van der Waals surface area contributed by atoms with Crippen molar-refractivity contribution in [1.82, 2.24) is 0 Å². The molecule has 0 amide bonds. The van der Waals surface area contributed by atoms with E-state index in [1.807, 2.05) is 0 Å². The second kappa shape index (κ2) is 7.75. The van der Waals surface area contributed by atoms with Crippen molar-refractivity contribution >= 4 is 18.0 Å². The molecule has 118 valence electrons. The molecule has 5 heteroatoms. The van der Waals surface area contributed by atoms with Crippen LogP contribution in [0, 0.1) is 5.92 Å². The number of carboxylic acids is 1. The molecule has 5 nitrogen and oxygen atoms in total. The summed E-state index contributed by atoms with van der Waals surface area (Å²) in [6.07, 6.45) is 6.15. The first kappa shape index (κ1) is 16.2. The number of carbonyl (C=O) groups is 2. The van der Waals surface area contributed by atoms with Crippen molar-refractivity contribution in [1.29, 1.82) is 0 Å². The largest absolute Gasteiger partial charge is 0.478 e. The van der Waals surface area contributed by atoms with Gasteiger partial charge < -0.3 is 14.6 Å². The zero-order chi connectivity index (χ0) is 15.9. The van der Waals surface area contributed by atoms with Gasteiger partial charge in [-0.25, -0.2) is 4.79 Å². The standard InChI is InChI=1S/C17H20O5/c1-21-14-9-5-13(6-10-14)17(20)22-15-7-2-12(3-8-15)4-11-16(18)19/h2-4,7-8,11,13-14H,5-6,9-10H2,1H3,(H,18,19)/b11-4+. The number of methoxy groups -OCH3 is 1. The van der Waals surface area contributed by atoms with Crippen LogP contribution in [0.25, 0.3) is 6.08 Å². The van der Waals surface area contributed by atoms with Gasteiger partial charge in [-0.3, -0.25) is 4.79 Å². The normalized spacial score (nSPS) is 21.7. The smallest absolute Gasteiger partial charge is 0.328 e. The number of hydrogen-bond donors (Lipinski definition) is 1. The fourth-order valence-electron chi connectivity index (χ4n) is 2.55. The van der Waals surface area contributed by atoms with Crippen LogP contribution in [-0.4, -0.2) is 30.3 Å². The average Bonchev–Trinajstić information content (AvgIpc) is 2.54. The van der Waals surface area contributed by atoms with Crippen molar-refractivity contribution in [2.45, 2.75) is 31.8 Å². The van der Waals surface area contributed by atoms with Crippen molar-refractivity contribution < 1.29 is 24.2 Å². The molecule has 0 radical (unpaired) electrons. The Balaban J connectivity index is 1.88. The molecule has 1 N–H and O–H groups in total. The molecule has 0 bridgehead atoms. The van der Waals surface area contributed by atoms with Crippen LogP contribution in [0.4, 0.5) is 0 Å². The predicted octanol–water partition coefficient (Wildman–Crippen LogP) is 2.90. The zero-order valence-corrected chi connectivity index (χ0v) is 12.5. The summed E-state index contributed by atoms with van der Waals surface area (Å²) in [5.41, 5.74) is 0.739. The van der Waals surface area contributed by atoms with E-state index in [0.717, 1.165) is 37.3 Å². The highest BCUT2D eigenvalue weighted by atomic mass is 16.5. The van der Waals surface area contributed by atoms with Gasteiger partial charge in [-0.15, -0.1) is 0 Å². The van der Waals surface area contributed by atoms with E-state index in [0.29, 0.717) is 5.75 Å². The molecule has 0 unspecified atom stereocenters. The fourth-order valence-corrected chi connectivity index (χ4v) is 2.55. The molecule has 0 spiro atoms. The molecule has 1 aromatic rings. The maximum absolute atomic E-state index is 12.1. The lowest BCUT2D eigenvalue weighted by atomic mass is 9.87. The summed E-state index contributed by atoms with van der Waals surface area (Å²) in [5.74, 6) is -0.796. The van der Waals surface area contributed by atoms with Gasteiger partial charge in [-0.1, -0.05) is 12.1 Å². The number of esters is 1. The van der Waals surface area contributed by atoms with Crippen LogP contribution in [0.15, 0.2) is 30.3 Å². The van der Waals surface area contributed by atoms with E-state index in [2.05, 4.69) is 0 Å². The second-order valence-electron chi connectivity index (χ2n) is 5.37. The Kier molecular flexibility index (Phi) is 5.72. The highest BCUT2D eigenvalue weighted by molar-refractivity contribution is 5.85. The molecule has 2 rings (SSSR count). The monoisotopic (exact) mass is 304 g/mol. The summed E-state index contributed by atoms with van der Waals surface area (Å²) < 4.78 is 10.7. The van der Waals surface area contributed by atoms with E-state index >= 15 is 0 Å². The number of aliphatic carboxylic acids is 1. The summed E-state index contributed by atoms with van der Waals surface area (Å²) in [6.45, 7) is 0. The van der Waals surface area contributed by atoms with E-state index in [-0.39, 0.29) is 18.0 Å². The second-order valence-corrected chi connectivity index (χ2v) is 5.37. The maximum Gasteiger partial charge on any atom is 0.328 e. The number of benzene rings is 1. The van der Waals surface area contributed by atoms with E-state index < -0.39 is 5.97 Å². The van der Waals surface area contributed by atoms with Gasteiger partial charge in [0.15, 0.2) is 0 Å². The number of hydrogen-bond acceptors (Lipinski definition) is 4. The third kappa shape index (κ3) is 4.70. The van der Waals surface area contributed by atoms with Gasteiger partial charge in [0.2, 0.25) is 0 Å². The molecule has 1 aliphatic rings. The molecule has 1 fully saturated rings. The Morgan fingerprint density at radius 3 is 2.32 bits per heavy atom. The van der Waals surface area contributed by atoms with Gasteiger partial charge in [0.25, 0.3) is 0 Å². The molecule has 1 saturated carbocycles. The van der Waals surface area contributed by atoms with Crippen LogP contribution in [-0.2, 0) is 14.3 Å². The quantitative estimate of drug-likeness (QED) is 0.514. The molecular formula is C17H20O5. The first-order valence-corrected chi connectivity index (χ1v) is 7.34. The Morgan fingerprint density at radius 1 is 1.14 bits per heavy atom. The van der Waals surface area contributed by atoms with Gasteiger partial charge in [0, 0.05) is 13.2 Å². The van der Waals surface area contributed by atoms with Crippen molar-refractivity contribution in [3.05, 3.63) is 35.9 Å². The zero-order valence-electron chi connectivity index (χ0n) is 12.5. The summed E-state index contributed by atoms with van der Waals surface area (Å²) in [6, 6.07) is 6.76. The lowest BCUT2D eigenvalue weighted by molar-refractivity contribution is -0.140. The molecule has 0 aliphatic heterocycles. The summed E-state index contributed by atoms with van der Waals surface area (Å²) in [5, 5.41) is 8.56. The number of ether oxygens (including phenoxy) is 2. The molecule has 22 heavy (non-hydrogen) atoms. The van der Waals surface area contributed by atoms with E-state index in [9.17, 15) is 9.59 Å². The van der Waals surface area contributed by atoms with Crippen molar-refractivity contribution in [3.63, 3.8) is 0 Å². The Hall–Kier alpha value is -2.14. The predicted molar refractivity (Wildman–Crippen MR) is 81.5 cm³/mol. The highest BCUT2D eigenvalue weighted by Crippen LogP contribution is 2.27. The van der Waals surface area contributed by atoms with Crippen LogP contribution in [0.2, 0.25) is 0 Å². The third-order valence-corrected chi connectivity index (χ3v) is 3.86. The van der Waals surface area contributed by atoms with Crippen LogP contribution in [0.1, 0.15) is 31.2 Å². The summed E-state index contributed by atoms with van der Waals surface area (Å²) in [4.78, 5) is 22.5. The van der Waals surface area contributed by atoms with E-state index in [1.54, 1.807) is 31.4 Å². The minimum atomic E-state index is -0.998. The van der Waals surface area contributed by atoms with Crippen LogP contribution in [0.3, 0.4) is 0 Å². The van der Waals surface area contributed by atoms with Crippen LogP contribution in [0.5, 0.6) is 5.75 Å². The molecule has 0 aromatic heterocycles. The Bertz CT molecular complexity index is 539. The molecule has 0 heterocycles. The molecule has 0 saturated heterocycles. The number of carboxylic acid groups (broad SMARTS) is 1. The third-order valence-electron chi connectivity index (χ3n) is 3.86. The SMILES string of the molecule is COC1CCC(C(=O)Oc2ccc(/C=C/C(=O)O)cc2)CC1. The van der Waals surface area contributed by atoms with Gasteiger partial charge >= 0.3 is 11.9 Å². The van der Waals surface area contributed by atoms with Gasteiger partial charge in [0.05, 0.1) is 12.0 Å². The molecule has 0 atom stereocenters. The topological polar surface area (TPSA) is 72.8 Å². The maximum atomic E-state index is 12.1. The fraction of sp³-hybridized carbons (Fsp3) is 0.412. The van der Waals surface area contributed by atoms with Crippen molar-refractivity contribution in [3.8, 4) is 5.75 Å². The molecular weight excluding hydrogens is 284 g/mol. The van der Waals surface area contributed by atoms with E-state index in [4.69, 9.17) is 14.6 Å². The first-order valence-electron chi connectivity index (χ1n) is 7.34.